The fraction of sp³-hybridized carbons (Fsp3) is 0.125. The SMILES string of the molecule is Clc1ccc(Br)c(Cc2nn[nH]n2)c1. The number of aromatic amines is 1. The highest BCUT2D eigenvalue weighted by atomic mass is 79.9. The molecule has 0 bridgehead atoms. The molecule has 0 saturated heterocycles. The molecule has 2 aromatic rings. The molecule has 2 rings (SSSR count). The molecule has 0 radical (unpaired) electrons. The molecule has 1 aromatic heterocycles. The van der Waals surface area contributed by atoms with E-state index >= 15 is 0 Å². The Hall–Kier alpha value is -0.940. The van der Waals surface area contributed by atoms with E-state index in [1.807, 2.05) is 18.2 Å². The van der Waals surface area contributed by atoms with Crippen LogP contribution in [-0.2, 0) is 6.42 Å². The molecule has 1 aromatic carbocycles. The van der Waals surface area contributed by atoms with Gasteiger partial charge >= 0.3 is 0 Å². The predicted molar refractivity (Wildman–Crippen MR) is 56.1 cm³/mol. The predicted octanol–water partition coefficient (Wildman–Crippen LogP) is 2.21. The minimum Gasteiger partial charge on any atom is -0.177 e. The smallest absolute Gasteiger partial charge is 0.177 e. The standard InChI is InChI=1S/C8H6BrClN4/c9-7-2-1-6(10)3-5(7)4-8-11-13-14-12-8/h1-3H,4H2,(H,11,12,13,14). The van der Waals surface area contributed by atoms with E-state index in [1.54, 1.807) is 0 Å². The normalized spacial score (nSPS) is 10.4. The zero-order valence-corrected chi connectivity index (χ0v) is 9.38. The maximum atomic E-state index is 5.87. The first-order valence-corrected chi connectivity index (χ1v) is 5.09. The minimum absolute atomic E-state index is 0.609. The number of nitrogens with zero attached hydrogens (tertiary/aromatic N) is 3. The zero-order chi connectivity index (χ0) is 9.97. The summed E-state index contributed by atoms with van der Waals surface area (Å²) in [6.07, 6.45) is 0.609. The lowest BCUT2D eigenvalue weighted by Crippen LogP contribution is -1.92. The Morgan fingerprint density at radius 1 is 1.43 bits per heavy atom. The van der Waals surface area contributed by atoms with Crippen LogP contribution >= 0.6 is 27.5 Å². The lowest BCUT2D eigenvalue weighted by atomic mass is 10.1. The van der Waals surface area contributed by atoms with E-state index in [0.717, 1.165) is 10.0 Å². The summed E-state index contributed by atoms with van der Waals surface area (Å²) in [5.41, 5.74) is 1.04. The van der Waals surface area contributed by atoms with Gasteiger partial charge in [0.1, 0.15) is 0 Å². The molecule has 0 aliphatic carbocycles. The van der Waals surface area contributed by atoms with Crippen molar-refractivity contribution in [1.29, 1.82) is 0 Å². The molecule has 0 atom stereocenters. The fourth-order valence-electron chi connectivity index (χ4n) is 1.11. The molecule has 0 amide bonds. The van der Waals surface area contributed by atoms with E-state index < -0.39 is 0 Å². The molecule has 0 unspecified atom stereocenters. The van der Waals surface area contributed by atoms with Crippen molar-refractivity contribution in [2.45, 2.75) is 6.42 Å². The van der Waals surface area contributed by atoms with Crippen molar-refractivity contribution in [2.75, 3.05) is 0 Å². The van der Waals surface area contributed by atoms with Gasteiger partial charge < -0.3 is 0 Å². The van der Waals surface area contributed by atoms with Crippen LogP contribution in [0.3, 0.4) is 0 Å². The van der Waals surface area contributed by atoms with Gasteiger partial charge in [-0.1, -0.05) is 32.7 Å². The average molecular weight is 274 g/mol. The van der Waals surface area contributed by atoms with E-state index in [0.29, 0.717) is 17.3 Å². The number of nitrogens with one attached hydrogen (secondary N) is 1. The third-order valence-electron chi connectivity index (χ3n) is 1.75. The van der Waals surface area contributed by atoms with Crippen molar-refractivity contribution < 1.29 is 0 Å². The van der Waals surface area contributed by atoms with E-state index in [1.165, 1.54) is 0 Å². The first-order chi connectivity index (χ1) is 6.75. The van der Waals surface area contributed by atoms with Gasteiger partial charge in [-0.3, -0.25) is 0 Å². The van der Waals surface area contributed by atoms with Crippen LogP contribution in [0.4, 0.5) is 0 Å². The fourth-order valence-corrected chi connectivity index (χ4v) is 1.69. The van der Waals surface area contributed by atoms with Crippen LogP contribution in [0.5, 0.6) is 0 Å². The Morgan fingerprint density at radius 2 is 2.29 bits per heavy atom. The van der Waals surface area contributed by atoms with Crippen molar-refractivity contribution >= 4 is 27.5 Å². The van der Waals surface area contributed by atoms with E-state index in [-0.39, 0.29) is 0 Å². The summed E-state index contributed by atoms with van der Waals surface area (Å²) >= 11 is 9.30. The van der Waals surface area contributed by atoms with Crippen LogP contribution in [0.2, 0.25) is 5.02 Å². The summed E-state index contributed by atoms with van der Waals surface area (Å²) in [5.74, 6) is 0.646. The molecule has 0 aliphatic heterocycles. The molecule has 1 N–H and O–H groups in total. The Labute approximate surface area is 93.8 Å². The third kappa shape index (κ3) is 2.10. The number of hydrogen-bond acceptors (Lipinski definition) is 3. The lowest BCUT2D eigenvalue weighted by molar-refractivity contribution is 0.881. The number of benzene rings is 1. The van der Waals surface area contributed by atoms with Crippen LogP contribution in [0.15, 0.2) is 22.7 Å². The van der Waals surface area contributed by atoms with Crippen LogP contribution in [0.25, 0.3) is 0 Å². The molecule has 6 heteroatoms. The molecule has 0 fully saturated rings. The molecule has 4 nitrogen and oxygen atoms in total. The zero-order valence-electron chi connectivity index (χ0n) is 7.04. The monoisotopic (exact) mass is 272 g/mol. The second-order valence-electron chi connectivity index (χ2n) is 2.74. The highest BCUT2D eigenvalue weighted by Crippen LogP contribution is 2.22. The molecule has 14 heavy (non-hydrogen) atoms. The van der Waals surface area contributed by atoms with E-state index in [4.69, 9.17) is 11.6 Å². The maximum absolute atomic E-state index is 5.87. The molecular weight excluding hydrogens is 267 g/mol. The number of aromatic nitrogens is 4. The molecule has 0 saturated carbocycles. The van der Waals surface area contributed by atoms with E-state index in [9.17, 15) is 0 Å². The van der Waals surface area contributed by atoms with Crippen molar-refractivity contribution in [1.82, 2.24) is 20.6 Å². The number of rotatable bonds is 2. The van der Waals surface area contributed by atoms with Gasteiger partial charge in [0.05, 0.1) is 0 Å². The third-order valence-corrected chi connectivity index (χ3v) is 2.75. The second kappa shape index (κ2) is 4.06. The summed E-state index contributed by atoms with van der Waals surface area (Å²) in [6, 6.07) is 5.60. The minimum atomic E-state index is 0.609. The van der Waals surface area contributed by atoms with Gasteiger partial charge in [-0.15, -0.1) is 10.2 Å². The summed E-state index contributed by atoms with van der Waals surface area (Å²) in [6.45, 7) is 0. The first kappa shape index (κ1) is 9.61. The van der Waals surface area contributed by atoms with Gasteiger partial charge in [-0.2, -0.15) is 5.21 Å². The van der Waals surface area contributed by atoms with Crippen molar-refractivity contribution in [3.05, 3.63) is 39.1 Å². The number of tetrazole rings is 1. The Kier molecular flexibility index (Phi) is 2.79. The Balaban J connectivity index is 2.28. The van der Waals surface area contributed by atoms with Crippen molar-refractivity contribution in [2.24, 2.45) is 0 Å². The van der Waals surface area contributed by atoms with Crippen LogP contribution in [0, 0.1) is 0 Å². The topological polar surface area (TPSA) is 54.5 Å². The largest absolute Gasteiger partial charge is 0.178 e. The second-order valence-corrected chi connectivity index (χ2v) is 4.03. The van der Waals surface area contributed by atoms with Gasteiger partial charge in [0.25, 0.3) is 0 Å². The van der Waals surface area contributed by atoms with Gasteiger partial charge in [0, 0.05) is 15.9 Å². The summed E-state index contributed by atoms with van der Waals surface area (Å²) in [4.78, 5) is 0. The molecule has 0 aliphatic rings. The Bertz CT molecular complexity index is 429. The quantitative estimate of drug-likeness (QED) is 0.913. The number of H-pyrrole nitrogens is 1. The highest BCUT2D eigenvalue weighted by Gasteiger charge is 2.05. The summed E-state index contributed by atoms with van der Waals surface area (Å²) < 4.78 is 0.992. The molecular formula is C8H6BrClN4. The van der Waals surface area contributed by atoms with E-state index in [2.05, 4.69) is 36.6 Å². The first-order valence-electron chi connectivity index (χ1n) is 3.92. The van der Waals surface area contributed by atoms with Crippen LogP contribution < -0.4 is 0 Å². The number of halogens is 2. The molecule has 0 spiro atoms. The van der Waals surface area contributed by atoms with Crippen molar-refractivity contribution in [3.8, 4) is 0 Å². The summed E-state index contributed by atoms with van der Waals surface area (Å²) in [7, 11) is 0. The van der Waals surface area contributed by atoms with Gasteiger partial charge in [-0.25, -0.2) is 0 Å². The lowest BCUT2D eigenvalue weighted by Gasteiger charge is -2.01. The van der Waals surface area contributed by atoms with Crippen LogP contribution in [-0.4, -0.2) is 20.6 Å². The molecule has 72 valence electrons. The van der Waals surface area contributed by atoms with Gasteiger partial charge in [0.15, 0.2) is 5.82 Å². The number of hydrogen-bond donors (Lipinski definition) is 1. The summed E-state index contributed by atoms with van der Waals surface area (Å²) in [5, 5.41) is 14.3. The van der Waals surface area contributed by atoms with Gasteiger partial charge in [0.2, 0.25) is 0 Å². The Morgan fingerprint density at radius 3 is 3.00 bits per heavy atom. The van der Waals surface area contributed by atoms with Crippen molar-refractivity contribution in [3.63, 3.8) is 0 Å². The molecule has 1 heterocycles. The highest BCUT2D eigenvalue weighted by molar-refractivity contribution is 9.10. The van der Waals surface area contributed by atoms with Crippen LogP contribution in [0.1, 0.15) is 11.4 Å². The van der Waals surface area contributed by atoms with Gasteiger partial charge in [-0.05, 0) is 23.8 Å². The maximum Gasteiger partial charge on any atom is 0.178 e. The average Bonchev–Trinajstić information content (AvgIpc) is 2.64.